The van der Waals surface area contributed by atoms with Gasteiger partial charge < -0.3 is 4.74 Å². The van der Waals surface area contributed by atoms with Crippen molar-refractivity contribution in [2.24, 2.45) is 0 Å². The fraction of sp³-hybridized carbons (Fsp3) is 0.286. The van der Waals surface area contributed by atoms with Crippen molar-refractivity contribution in [3.63, 3.8) is 0 Å². The van der Waals surface area contributed by atoms with Gasteiger partial charge in [0.15, 0.2) is 0 Å². The minimum Gasteiger partial charge on any atom is -0.495 e. The van der Waals surface area contributed by atoms with Crippen LogP contribution in [0.4, 0.5) is 0 Å². The van der Waals surface area contributed by atoms with Gasteiger partial charge in [-0.25, -0.2) is 0 Å². The Balaban J connectivity index is 3.17. The van der Waals surface area contributed by atoms with E-state index in [1.165, 1.54) is 0 Å². The Labute approximate surface area is 73.8 Å². The van der Waals surface area contributed by atoms with Crippen LogP contribution in [0.1, 0.15) is 5.56 Å². The normalized spacial score (nSPS) is 9.50. The Kier molecular flexibility index (Phi) is 2.48. The topological polar surface area (TPSA) is 22.1 Å². The van der Waals surface area contributed by atoms with Crippen molar-refractivity contribution in [3.05, 3.63) is 21.5 Å². The average Bonchev–Trinajstić information content (AvgIpc) is 1.88. The maximum Gasteiger partial charge on any atom is 0.138 e. The Morgan fingerprint density at radius 2 is 2.20 bits per heavy atom. The number of pyridine rings is 1. The van der Waals surface area contributed by atoms with Crippen molar-refractivity contribution in [1.29, 1.82) is 0 Å². The fourth-order valence-electron chi connectivity index (χ4n) is 0.779. The summed E-state index contributed by atoms with van der Waals surface area (Å²) < 4.78 is 6.18. The summed E-state index contributed by atoms with van der Waals surface area (Å²) in [7, 11) is 1.67. The van der Waals surface area contributed by atoms with Crippen LogP contribution in [0.5, 0.6) is 5.75 Å². The van der Waals surface area contributed by atoms with Crippen molar-refractivity contribution >= 4 is 22.6 Å². The number of methoxy groups -OCH3 is 1. The Hall–Kier alpha value is -0.320. The van der Waals surface area contributed by atoms with Crippen LogP contribution in [-0.2, 0) is 0 Å². The zero-order chi connectivity index (χ0) is 7.56. The van der Waals surface area contributed by atoms with Gasteiger partial charge in [-0.15, -0.1) is 0 Å². The predicted molar refractivity (Wildman–Crippen MR) is 48.2 cm³/mol. The third kappa shape index (κ3) is 1.39. The first kappa shape index (κ1) is 7.78. The van der Waals surface area contributed by atoms with E-state index in [4.69, 9.17) is 4.74 Å². The van der Waals surface area contributed by atoms with Crippen LogP contribution < -0.4 is 4.74 Å². The van der Waals surface area contributed by atoms with E-state index in [0.717, 1.165) is 14.9 Å². The third-order valence-electron chi connectivity index (χ3n) is 1.24. The Bertz CT molecular complexity index is 217. The number of ether oxygens (including phenoxy) is 1. The Morgan fingerprint density at radius 1 is 1.50 bits per heavy atom. The van der Waals surface area contributed by atoms with Crippen LogP contribution in [0.25, 0.3) is 0 Å². The van der Waals surface area contributed by atoms with Crippen molar-refractivity contribution in [2.45, 2.75) is 6.92 Å². The molecule has 1 rings (SSSR count). The molecule has 3 heteroatoms. The molecular formula is C7H8INO. The molecule has 0 unspecified atom stereocenters. The first-order valence-electron chi connectivity index (χ1n) is 2.90. The SMILES string of the molecule is COc1c(C)cncc1I. The fourth-order valence-corrected chi connectivity index (χ4v) is 1.59. The van der Waals surface area contributed by atoms with E-state index < -0.39 is 0 Å². The highest BCUT2D eigenvalue weighted by atomic mass is 127. The molecule has 0 N–H and O–H groups in total. The number of nitrogens with zero attached hydrogens (tertiary/aromatic N) is 1. The maximum atomic E-state index is 5.13. The van der Waals surface area contributed by atoms with Crippen LogP contribution in [0, 0.1) is 10.5 Å². The number of halogens is 1. The second-order valence-corrected chi connectivity index (χ2v) is 3.13. The van der Waals surface area contributed by atoms with E-state index in [1.807, 2.05) is 6.92 Å². The minimum atomic E-state index is 0.926. The van der Waals surface area contributed by atoms with Gasteiger partial charge in [-0.05, 0) is 29.5 Å². The van der Waals surface area contributed by atoms with Crippen molar-refractivity contribution in [2.75, 3.05) is 7.11 Å². The lowest BCUT2D eigenvalue weighted by Gasteiger charge is -2.04. The number of aryl methyl sites for hydroxylation is 1. The number of aromatic nitrogens is 1. The summed E-state index contributed by atoms with van der Waals surface area (Å²) >= 11 is 2.20. The minimum absolute atomic E-state index is 0.926. The first-order valence-corrected chi connectivity index (χ1v) is 3.97. The number of hydrogen-bond donors (Lipinski definition) is 0. The van der Waals surface area contributed by atoms with Crippen LogP contribution >= 0.6 is 22.6 Å². The molecule has 10 heavy (non-hydrogen) atoms. The largest absolute Gasteiger partial charge is 0.495 e. The molecule has 1 aromatic rings. The van der Waals surface area contributed by atoms with Crippen LogP contribution in [0.2, 0.25) is 0 Å². The summed E-state index contributed by atoms with van der Waals surface area (Å²) in [6, 6.07) is 0. The van der Waals surface area contributed by atoms with Gasteiger partial charge in [0.25, 0.3) is 0 Å². The highest BCUT2D eigenvalue weighted by molar-refractivity contribution is 14.1. The maximum absolute atomic E-state index is 5.13. The van der Waals surface area contributed by atoms with Crippen LogP contribution in [0.3, 0.4) is 0 Å². The van der Waals surface area contributed by atoms with E-state index in [0.29, 0.717) is 0 Å². The molecule has 0 saturated heterocycles. The lowest BCUT2D eigenvalue weighted by Crippen LogP contribution is -1.90. The molecule has 0 bridgehead atoms. The molecule has 0 amide bonds. The lowest BCUT2D eigenvalue weighted by atomic mass is 10.3. The molecule has 0 saturated carbocycles. The highest BCUT2D eigenvalue weighted by Crippen LogP contribution is 2.22. The van der Waals surface area contributed by atoms with E-state index in [1.54, 1.807) is 19.5 Å². The molecule has 1 aromatic heterocycles. The zero-order valence-electron chi connectivity index (χ0n) is 5.89. The summed E-state index contributed by atoms with van der Waals surface area (Å²) in [5.74, 6) is 0.926. The number of hydrogen-bond acceptors (Lipinski definition) is 2. The highest BCUT2D eigenvalue weighted by Gasteiger charge is 2.01. The monoisotopic (exact) mass is 249 g/mol. The van der Waals surface area contributed by atoms with Gasteiger partial charge in [0.1, 0.15) is 5.75 Å². The van der Waals surface area contributed by atoms with Gasteiger partial charge in [0.2, 0.25) is 0 Å². The molecule has 0 aromatic carbocycles. The summed E-state index contributed by atoms with van der Waals surface area (Å²) in [4.78, 5) is 4.00. The van der Waals surface area contributed by atoms with E-state index in [-0.39, 0.29) is 0 Å². The van der Waals surface area contributed by atoms with Crippen LogP contribution in [0.15, 0.2) is 12.4 Å². The van der Waals surface area contributed by atoms with Crippen LogP contribution in [-0.4, -0.2) is 12.1 Å². The zero-order valence-corrected chi connectivity index (χ0v) is 8.05. The van der Waals surface area contributed by atoms with Gasteiger partial charge in [-0.3, -0.25) is 4.98 Å². The van der Waals surface area contributed by atoms with Crippen molar-refractivity contribution < 1.29 is 4.74 Å². The second-order valence-electron chi connectivity index (χ2n) is 1.97. The van der Waals surface area contributed by atoms with E-state index >= 15 is 0 Å². The molecular weight excluding hydrogens is 241 g/mol. The van der Waals surface area contributed by atoms with Crippen molar-refractivity contribution in [1.82, 2.24) is 4.98 Å². The summed E-state index contributed by atoms with van der Waals surface area (Å²) in [6.45, 7) is 1.98. The van der Waals surface area contributed by atoms with Gasteiger partial charge in [0, 0.05) is 18.0 Å². The van der Waals surface area contributed by atoms with Crippen molar-refractivity contribution in [3.8, 4) is 5.75 Å². The molecule has 0 aliphatic carbocycles. The number of rotatable bonds is 1. The summed E-state index contributed by atoms with van der Waals surface area (Å²) in [5, 5.41) is 0. The van der Waals surface area contributed by atoms with Gasteiger partial charge >= 0.3 is 0 Å². The summed E-state index contributed by atoms with van der Waals surface area (Å²) in [5.41, 5.74) is 1.08. The molecule has 0 aliphatic rings. The Morgan fingerprint density at radius 3 is 2.60 bits per heavy atom. The molecule has 0 spiro atoms. The molecule has 54 valence electrons. The molecule has 1 heterocycles. The lowest BCUT2D eigenvalue weighted by molar-refractivity contribution is 0.408. The van der Waals surface area contributed by atoms with Gasteiger partial charge in [-0.2, -0.15) is 0 Å². The molecule has 0 atom stereocenters. The smallest absolute Gasteiger partial charge is 0.138 e. The molecule has 0 aliphatic heterocycles. The standard InChI is InChI=1S/C7H8INO/c1-5-3-9-4-6(8)7(5)10-2/h3-4H,1-2H3. The third-order valence-corrected chi connectivity index (χ3v) is 2.00. The molecule has 0 radical (unpaired) electrons. The predicted octanol–water partition coefficient (Wildman–Crippen LogP) is 2.00. The van der Waals surface area contributed by atoms with E-state index in [9.17, 15) is 0 Å². The molecule has 0 fully saturated rings. The molecule has 2 nitrogen and oxygen atoms in total. The van der Waals surface area contributed by atoms with Gasteiger partial charge in [0.05, 0.1) is 10.7 Å². The average molecular weight is 249 g/mol. The first-order chi connectivity index (χ1) is 4.75. The quantitative estimate of drug-likeness (QED) is 0.710. The van der Waals surface area contributed by atoms with E-state index in [2.05, 4.69) is 27.6 Å². The second kappa shape index (κ2) is 3.18. The summed E-state index contributed by atoms with van der Waals surface area (Å²) in [6.07, 6.45) is 3.58. The van der Waals surface area contributed by atoms with Gasteiger partial charge in [-0.1, -0.05) is 0 Å².